The molecule has 0 aliphatic heterocycles. The van der Waals surface area contributed by atoms with Crippen molar-refractivity contribution in [3.05, 3.63) is 131 Å². The van der Waals surface area contributed by atoms with Crippen molar-refractivity contribution < 1.29 is 13.2 Å². The number of aryl methyl sites for hydroxylation is 3. The smallest absolute Gasteiger partial charge is 0.166 e. The van der Waals surface area contributed by atoms with Gasteiger partial charge in [0.05, 0.1) is 5.56 Å². The minimum atomic E-state index is -4.40. The zero-order valence-electron chi connectivity index (χ0n) is 22.0. The Morgan fingerprint density at radius 1 is 0.410 bits per heavy atom. The second-order valence-corrected chi connectivity index (χ2v) is 10.2. The van der Waals surface area contributed by atoms with Crippen molar-refractivity contribution in [3.63, 3.8) is 0 Å². The molecule has 39 heavy (non-hydrogen) atoms. The minimum Gasteiger partial charge on any atom is -0.166 e. The molecule has 0 nitrogen and oxygen atoms in total. The summed E-state index contributed by atoms with van der Waals surface area (Å²) in [5.74, 6) is 0. The second kappa shape index (κ2) is 9.43. The van der Waals surface area contributed by atoms with Crippen LogP contribution in [0.15, 0.2) is 109 Å². The van der Waals surface area contributed by atoms with E-state index in [2.05, 4.69) is 74.5 Å². The third-order valence-corrected chi connectivity index (χ3v) is 7.81. The van der Waals surface area contributed by atoms with Crippen LogP contribution in [-0.2, 0) is 6.18 Å². The van der Waals surface area contributed by atoms with Crippen LogP contribution in [0, 0.1) is 20.8 Å². The zero-order valence-corrected chi connectivity index (χ0v) is 22.0. The zero-order chi connectivity index (χ0) is 27.3. The van der Waals surface area contributed by atoms with Crippen molar-refractivity contribution >= 4 is 21.5 Å². The molecule has 0 saturated heterocycles. The van der Waals surface area contributed by atoms with E-state index in [-0.39, 0.29) is 5.56 Å². The van der Waals surface area contributed by atoms with Gasteiger partial charge in [0.1, 0.15) is 0 Å². The molecule has 0 N–H and O–H groups in total. The molecular weight excluding hydrogens is 489 g/mol. The predicted octanol–water partition coefficient (Wildman–Crippen LogP) is 10.9. The van der Waals surface area contributed by atoms with Crippen molar-refractivity contribution in [3.8, 4) is 33.4 Å². The van der Waals surface area contributed by atoms with Crippen molar-refractivity contribution in [1.82, 2.24) is 0 Å². The SMILES string of the molecule is Cc1ccc(-c2ccc(-c3ccc(-c4ccc(C)c(C(F)(F)F)c4)c4ccccc34)c3ccccc23)cc1C. The Balaban J connectivity index is 1.56. The van der Waals surface area contributed by atoms with E-state index in [1.807, 2.05) is 30.3 Å². The second-order valence-electron chi connectivity index (χ2n) is 10.2. The lowest BCUT2D eigenvalue weighted by molar-refractivity contribution is -0.138. The number of hydrogen-bond acceptors (Lipinski definition) is 0. The van der Waals surface area contributed by atoms with Crippen molar-refractivity contribution in [2.75, 3.05) is 0 Å². The molecule has 0 saturated carbocycles. The largest absolute Gasteiger partial charge is 0.416 e. The third kappa shape index (κ3) is 4.38. The highest BCUT2D eigenvalue weighted by molar-refractivity contribution is 6.12. The van der Waals surface area contributed by atoms with E-state index >= 15 is 0 Å². The lowest BCUT2D eigenvalue weighted by atomic mass is 9.87. The van der Waals surface area contributed by atoms with Gasteiger partial charge >= 0.3 is 6.18 Å². The van der Waals surface area contributed by atoms with Gasteiger partial charge in [-0.2, -0.15) is 13.2 Å². The summed E-state index contributed by atoms with van der Waals surface area (Å²) < 4.78 is 41.1. The number of alkyl halides is 3. The van der Waals surface area contributed by atoms with Crippen LogP contribution in [0.3, 0.4) is 0 Å². The number of halogens is 3. The molecule has 0 fully saturated rings. The first kappa shape index (κ1) is 24.9. The summed E-state index contributed by atoms with van der Waals surface area (Å²) in [6.07, 6.45) is -4.40. The van der Waals surface area contributed by atoms with Crippen LogP contribution in [-0.4, -0.2) is 0 Å². The molecule has 0 amide bonds. The molecular formula is C36H27F3. The topological polar surface area (TPSA) is 0 Å². The molecule has 0 aliphatic carbocycles. The maximum Gasteiger partial charge on any atom is 0.416 e. The Morgan fingerprint density at radius 3 is 1.28 bits per heavy atom. The molecule has 192 valence electrons. The maximum absolute atomic E-state index is 13.7. The first-order chi connectivity index (χ1) is 18.7. The van der Waals surface area contributed by atoms with Gasteiger partial charge < -0.3 is 0 Å². The van der Waals surface area contributed by atoms with Gasteiger partial charge in [0, 0.05) is 0 Å². The quantitative estimate of drug-likeness (QED) is 0.219. The van der Waals surface area contributed by atoms with Gasteiger partial charge in [-0.3, -0.25) is 0 Å². The summed E-state index contributed by atoms with van der Waals surface area (Å²) in [6, 6.07) is 35.9. The molecule has 6 aromatic rings. The summed E-state index contributed by atoms with van der Waals surface area (Å²) in [6.45, 7) is 5.75. The Morgan fingerprint density at radius 2 is 0.821 bits per heavy atom. The van der Waals surface area contributed by atoms with Gasteiger partial charge in [-0.1, -0.05) is 103 Å². The number of rotatable bonds is 3. The lowest BCUT2D eigenvalue weighted by Crippen LogP contribution is -2.07. The maximum atomic E-state index is 13.7. The van der Waals surface area contributed by atoms with Crippen LogP contribution in [0.2, 0.25) is 0 Å². The Kier molecular flexibility index (Phi) is 6.03. The summed E-state index contributed by atoms with van der Waals surface area (Å²) in [4.78, 5) is 0. The summed E-state index contributed by atoms with van der Waals surface area (Å²) >= 11 is 0. The van der Waals surface area contributed by atoms with Crippen LogP contribution in [0.1, 0.15) is 22.3 Å². The first-order valence-electron chi connectivity index (χ1n) is 13.0. The highest BCUT2D eigenvalue weighted by atomic mass is 19.4. The molecule has 6 aromatic carbocycles. The molecule has 0 radical (unpaired) electrons. The molecule has 0 heterocycles. The molecule has 0 atom stereocenters. The fourth-order valence-electron chi connectivity index (χ4n) is 5.58. The van der Waals surface area contributed by atoms with E-state index in [1.165, 1.54) is 40.6 Å². The van der Waals surface area contributed by atoms with E-state index in [4.69, 9.17) is 0 Å². The first-order valence-corrected chi connectivity index (χ1v) is 13.0. The highest BCUT2D eigenvalue weighted by Crippen LogP contribution is 2.42. The Bertz CT molecular complexity index is 1880. The third-order valence-electron chi connectivity index (χ3n) is 7.81. The number of fused-ring (bicyclic) bond motifs is 2. The van der Waals surface area contributed by atoms with E-state index < -0.39 is 11.7 Å². The van der Waals surface area contributed by atoms with Gasteiger partial charge in [0.15, 0.2) is 0 Å². The van der Waals surface area contributed by atoms with E-state index in [0.717, 1.165) is 32.8 Å². The monoisotopic (exact) mass is 516 g/mol. The van der Waals surface area contributed by atoms with Crippen LogP contribution in [0.4, 0.5) is 13.2 Å². The summed E-state index contributed by atoms with van der Waals surface area (Å²) in [5, 5.41) is 4.24. The average molecular weight is 517 g/mol. The minimum absolute atomic E-state index is 0.225. The number of benzene rings is 6. The molecule has 0 aromatic heterocycles. The van der Waals surface area contributed by atoms with Gasteiger partial charge in [0.2, 0.25) is 0 Å². The summed E-state index contributed by atoms with van der Waals surface area (Å²) in [7, 11) is 0. The predicted molar refractivity (Wildman–Crippen MR) is 157 cm³/mol. The van der Waals surface area contributed by atoms with E-state index in [0.29, 0.717) is 5.56 Å². The van der Waals surface area contributed by atoms with E-state index in [1.54, 1.807) is 12.1 Å². The van der Waals surface area contributed by atoms with Gasteiger partial charge in [-0.15, -0.1) is 0 Å². The summed E-state index contributed by atoms with van der Waals surface area (Å²) in [5.41, 5.74) is 8.01. The fraction of sp³-hybridized carbons (Fsp3) is 0.111. The molecule has 0 spiro atoms. The lowest BCUT2D eigenvalue weighted by Gasteiger charge is -2.17. The van der Waals surface area contributed by atoms with Crippen LogP contribution >= 0.6 is 0 Å². The Hall–Kier alpha value is -4.37. The van der Waals surface area contributed by atoms with Crippen LogP contribution in [0.25, 0.3) is 54.9 Å². The normalized spacial score (nSPS) is 11.8. The number of hydrogen-bond donors (Lipinski definition) is 0. The fourth-order valence-corrected chi connectivity index (χ4v) is 5.58. The van der Waals surface area contributed by atoms with Gasteiger partial charge in [-0.25, -0.2) is 0 Å². The van der Waals surface area contributed by atoms with Crippen LogP contribution < -0.4 is 0 Å². The van der Waals surface area contributed by atoms with Crippen LogP contribution in [0.5, 0.6) is 0 Å². The molecule has 0 unspecified atom stereocenters. The molecule has 0 aliphatic rings. The van der Waals surface area contributed by atoms with Gasteiger partial charge in [-0.05, 0) is 98.5 Å². The molecule has 3 heteroatoms. The van der Waals surface area contributed by atoms with Gasteiger partial charge in [0.25, 0.3) is 0 Å². The standard InChI is InChI=1S/C36H27F3/c1-22-12-14-25(20-24(22)3)27-16-18-33(31-10-6-4-8-29(27)31)34-19-17-28(30-9-5-7-11-32(30)34)26-15-13-23(2)35(21-26)36(37,38)39/h4-21H,1-3H3. The molecule has 0 bridgehead atoms. The van der Waals surface area contributed by atoms with E-state index in [9.17, 15) is 13.2 Å². The average Bonchev–Trinajstić information content (AvgIpc) is 2.93. The van der Waals surface area contributed by atoms with Crippen molar-refractivity contribution in [2.45, 2.75) is 26.9 Å². The Labute approximate surface area is 226 Å². The van der Waals surface area contributed by atoms with Crippen molar-refractivity contribution in [2.24, 2.45) is 0 Å². The van der Waals surface area contributed by atoms with Crippen molar-refractivity contribution in [1.29, 1.82) is 0 Å². The molecule has 6 rings (SSSR count). The highest BCUT2D eigenvalue weighted by Gasteiger charge is 2.32.